The lowest BCUT2D eigenvalue weighted by atomic mass is 10.0. The molecular weight excluding hydrogens is 344 g/mol. The molecule has 2 aromatic heterocycles. The van der Waals surface area contributed by atoms with Crippen LogP contribution < -0.4 is 0 Å². The van der Waals surface area contributed by atoms with Crippen LogP contribution in [0.3, 0.4) is 0 Å². The Labute approximate surface area is 164 Å². The summed E-state index contributed by atoms with van der Waals surface area (Å²) in [6.45, 7) is 0. The highest BCUT2D eigenvalue weighted by Crippen LogP contribution is 2.14. The van der Waals surface area contributed by atoms with E-state index < -0.39 is 0 Å². The van der Waals surface area contributed by atoms with Gasteiger partial charge in [-0.1, -0.05) is 60.7 Å². The average molecular weight is 362 g/mol. The van der Waals surface area contributed by atoms with Crippen LogP contribution in [0, 0.1) is 0 Å². The molecule has 28 heavy (non-hydrogen) atoms. The summed E-state index contributed by atoms with van der Waals surface area (Å²) in [5.74, 6) is 0. The van der Waals surface area contributed by atoms with Crippen LogP contribution in [0.15, 0.2) is 120 Å². The molecule has 0 aliphatic heterocycles. The van der Waals surface area contributed by atoms with Gasteiger partial charge in [0.15, 0.2) is 0 Å². The number of hydrogen-bond acceptors (Lipinski definition) is 4. The first-order chi connectivity index (χ1) is 13.9. The maximum absolute atomic E-state index is 4.67. The molecule has 0 saturated heterocycles. The van der Waals surface area contributed by atoms with E-state index in [9.17, 15) is 0 Å². The Morgan fingerprint density at radius 3 is 1.11 bits per heavy atom. The van der Waals surface area contributed by atoms with E-state index in [1.165, 1.54) is 0 Å². The van der Waals surface area contributed by atoms with Crippen molar-refractivity contribution in [3.63, 3.8) is 0 Å². The van der Waals surface area contributed by atoms with E-state index >= 15 is 0 Å². The molecule has 4 nitrogen and oxygen atoms in total. The summed E-state index contributed by atoms with van der Waals surface area (Å²) in [4.78, 5) is 8.23. The zero-order valence-corrected chi connectivity index (χ0v) is 15.2. The number of hydrogen-bond donors (Lipinski definition) is 0. The Bertz CT molecular complexity index is 901. The Balaban J connectivity index is 1.87. The number of pyridine rings is 2. The van der Waals surface area contributed by atoms with Crippen LogP contribution in [0.1, 0.15) is 22.3 Å². The second-order valence-corrected chi connectivity index (χ2v) is 6.10. The van der Waals surface area contributed by atoms with Gasteiger partial charge in [0.1, 0.15) is 11.4 Å². The van der Waals surface area contributed by atoms with Gasteiger partial charge in [-0.05, 0) is 24.3 Å². The maximum Gasteiger partial charge on any atom is 0.100 e. The number of aromatic nitrogens is 2. The summed E-state index contributed by atoms with van der Waals surface area (Å²) in [5, 5.41) is 9.35. The summed E-state index contributed by atoms with van der Waals surface area (Å²) >= 11 is 0. The van der Waals surface area contributed by atoms with Crippen molar-refractivity contribution < 1.29 is 0 Å². The van der Waals surface area contributed by atoms with Crippen LogP contribution in [-0.2, 0) is 0 Å². The minimum atomic E-state index is 0.797. The first kappa shape index (κ1) is 17.5. The highest BCUT2D eigenvalue weighted by molar-refractivity contribution is 6.15. The van der Waals surface area contributed by atoms with E-state index in [4.69, 9.17) is 0 Å². The predicted octanol–water partition coefficient (Wildman–Crippen LogP) is 4.77. The molecule has 0 atom stereocenters. The van der Waals surface area contributed by atoms with Gasteiger partial charge in [-0.3, -0.25) is 9.97 Å². The molecule has 4 heteroatoms. The fourth-order valence-electron chi connectivity index (χ4n) is 2.88. The van der Waals surface area contributed by atoms with E-state index in [1.807, 2.05) is 84.9 Å². The second-order valence-electron chi connectivity index (χ2n) is 6.10. The van der Waals surface area contributed by atoms with Gasteiger partial charge >= 0.3 is 0 Å². The lowest BCUT2D eigenvalue weighted by Gasteiger charge is -2.08. The van der Waals surface area contributed by atoms with E-state index in [2.05, 4.69) is 20.2 Å². The van der Waals surface area contributed by atoms with Crippen LogP contribution in [0.2, 0.25) is 0 Å². The SMILES string of the molecule is c1ccc(C(=NN=C(c2ccccc2)c2ccncc2)c2ccncc2)cc1. The highest BCUT2D eigenvalue weighted by Gasteiger charge is 2.09. The van der Waals surface area contributed by atoms with Crippen LogP contribution in [0.4, 0.5) is 0 Å². The Hall–Kier alpha value is -3.92. The minimum absolute atomic E-state index is 0.797. The number of nitrogens with zero attached hydrogens (tertiary/aromatic N) is 4. The summed E-state index contributed by atoms with van der Waals surface area (Å²) < 4.78 is 0. The predicted molar refractivity (Wildman–Crippen MR) is 113 cm³/mol. The van der Waals surface area contributed by atoms with Crippen molar-refractivity contribution in [2.75, 3.05) is 0 Å². The molecule has 2 aromatic carbocycles. The molecular formula is C24H18N4. The first-order valence-corrected chi connectivity index (χ1v) is 8.99. The summed E-state index contributed by atoms with van der Waals surface area (Å²) in [7, 11) is 0. The van der Waals surface area contributed by atoms with Crippen molar-refractivity contribution in [1.29, 1.82) is 0 Å². The van der Waals surface area contributed by atoms with Crippen LogP contribution in [0.25, 0.3) is 0 Å². The third-order valence-electron chi connectivity index (χ3n) is 4.25. The summed E-state index contributed by atoms with van der Waals surface area (Å²) in [5.41, 5.74) is 5.52. The lowest BCUT2D eigenvalue weighted by Crippen LogP contribution is -2.06. The number of benzene rings is 2. The molecule has 0 aliphatic rings. The monoisotopic (exact) mass is 362 g/mol. The molecule has 134 valence electrons. The highest BCUT2D eigenvalue weighted by atomic mass is 15.2. The molecule has 2 heterocycles. The van der Waals surface area contributed by atoms with Crippen molar-refractivity contribution in [3.05, 3.63) is 132 Å². The Kier molecular flexibility index (Phi) is 5.40. The Morgan fingerprint density at radius 2 is 0.750 bits per heavy atom. The van der Waals surface area contributed by atoms with Crippen molar-refractivity contribution in [2.45, 2.75) is 0 Å². The van der Waals surface area contributed by atoms with Gasteiger partial charge in [-0.2, -0.15) is 0 Å². The van der Waals surface area contributed by atoms with E-state index in [0.717, 1.165) is 33.7 Å². The topological polar surface area (TPSA) is 50.5 Å². The van der Waals surface area contributed by atoms with Gasteiger partial charge in [-0.25, -0.2) is 0 Å². The molecule has 4 aromatic rings. The molecule has 0 amide bonds. The smallest absolute Gasteiger partial charge is 0.100 e. The van der Waals surface area contributed by atoms with Crippen LogP contribution in [-0.4, -0.2) is 21.4 Å². The van der Waals surface area contributed by atoms with Crippen molar-refractivity contribution in [1.82, 2.24) is 9.97 Å². The lowest BCUT2D eigenvalue weighted by molar-refractivity contribution is 1.21. The van der Waals surface area contributed by atoms with Gasteiger partial charge in [-0.15, -0.1) is 10.2 Å². The fraction of sp³-hybridized carbons (Fsp3) is 0. The molecule has 4 rings (SSSR count). The molecule has 0 unspecified atom stereocenters. The standard InChI is InChI=1S/C24H18N4/c1-3-7-19(8-4-1)23(21-11-15-25-16-12-21)27-28-24(20-9-5-2-6-10-20)22-13-17-26-18-14-22/h1-18H. The second kappa shape index (κ2) is 8.64. The average Bonchev–Trinajstić information content (AvgIpc) is 2.79. The van der Waals surface area contributed by atoms with E-state index in [0.29, 0.717) is 0 Å². The molecule has 0 saturated carbocycles. The van der Waals surface area contributed by atoms with Gasteiger partial charge in [0, 0.05) is 47.0 Å². The van der Waals surface area contributed by atoms with E-state index in [-0.39, 0.29) is 0 Å². The van der Waals surface area contributed by atoms with Gasteiger partial charge < -0.3 is 0 Å². The zero-order valence-electron chi connectivity index (χ0n) is 15.2. The van der Waals surface area contributed by atoms with Gasteiger partial charge in [0.2, 0.25) is 0 Å². The fourth-order valence-corrected chi connectivity index (χ4v) is 2.88. The summed E-state index contributed by atoms with van der Waals surface area (Å²) in [6, 6.07) is 27.9. The first-order valence-electron chi connectivity index (χ1n) is 8.99. The normalized spacial score (nSPS) is 12.0. The van der Waals surface area contributed by atoms with E-state index in [1.54, 1.807) is 24.8 Å². The van der Waals surface area contributed by atoms with Crippen molar-refractivity contribution in [2.24, 2.45) is 10.2 Å². The quantitative estimate of drug-likeness (QED) is 0.379. The molecule has 0 radical (unpaired) electrons. The molecule has 0 bridgehead atoms. The van der Waals surface area contributed by atoms with Crippen LogP contribution >= 0.6 is 0 Å². The van der Waals surface area contributed by atoms with Crippen molar-refractivity contribution >= 4 is 11.4 Å². The number of rotatable bonds is 5. The Morgan fingerprint density at radius 1 is 0.429 bits per heavy atom. The van der Waals surface area contributed by atoms with Gasteiger partial charge in [0.05, 0.1) is 0 Å². The molecule has 0 N–H and O–H groups in total. The minimum Gasteiger partial charge on any atom is -0.265 e. The van der Waals surface area contributed by atoms with Gasteiger partial charge in [0.25, 0.3) is 0 Å². The molecule has 0 spiro atoms. The molecule has 0 fully saturated rings. The van der Waals surface area contributed by atoms with Crippen molar-refractivity contribution in [3.8, 4) is 0 Å². The van der Waals surface area contributed by atoms with Crippen LogP contribution in [0.5, 0.6) is 0 Å². The third-order valence-corrected chi connectivity index (χ3v) is 4.25. The maximum atomic E-state index is 4.67. The molecule has 0 aliphatic carbocycles. The zero-order chi connectivity index (χ0) is 19.0. The third kappa shape index (κ3) is 4.07. The largest absolute Gasteiger partial charge is 0.265 e. The summed E-state index contributed by atoms with van der Waals surface area (Å²) in [6.07, 6.45) is 7.05.